The number of carbonyl (C=O) groups excluding carboxylic acids is 2. The first-order chi connectivity index (χ1) is 11.5. The molecule has 2 N–H and O–H groups in total. The van der Waals surface area contributed by atoms with Crippen LogP contribution >= 0.6 is 11.6 Å². The molecule has 0 saturated heterocycles. The Morgan fingerprint density at radius 2 is 2.12 bits per heavy atom. The number of ether oxygens (including phenoxy) is 1. The first kappa shape index (κ1) is 16.1. The van der Waals surface area contributed by atoms with Crippen LogP contribution in [-0.4, -0.2) is 30.5 Å². The van der Waals surface area contributed by atoms with Crippen molar-refractivity contribution in [3.63, 3.8) is 0 Å². The second-order valence-electron chi connectivity index (χ2n) is 5.43. The monoisotopic (exact) mass is 345 g/mol. The van der Waals surface area contributed by atoms with E-state index in [4.69, 9.17) is 16.3 Å². The van der Waals surface area contributed by atoms with E-state index >= 15 is 0 Å². The molecule has 124 valence electrons. The van der Waals surface area contributed by atoms with Crippen LogP contribution in [0.25, 0.3) is 0 Å². The van der Waals surface area contributed by atoms with E-state index in [1.807, 2.05) is 18.2 Å². The van der Waals surface area contributed by atoms with Gasteiger partial charge in [-0.15, -0.1) is 0 Å². The number of carbonyl (C=O) groups is 2. The zero-order valence-electron chi connectivity index (χ0n) is 13.0. The van der Waals surface area contributed by atoms with Crippen molar-refractivity contribution in [2.75, 3.05) is 24.3 Å². The van der Waals surface area contributed by atoms with Crippen LogP contribution in [0, 0.1) is 0 Å². The average Bonchev–Trinajstić information content (AvgIpc) is 2.57. The summed E-state index contributed by atoms with van der Waals surface area (Å²) in [5, 5.41) is 6.11. The Hall–Kier alpha value is -2.73. The van der Waals surface area contributed by atoms with E-state index < -0.39 is 0 Å². The summed E-state index contributed by atoms with van der Waals surface area (Å²) in [6, 6.07) is 12.2. The van der Waals surface area contributed by atoms with Gasteiger partial charge in [0.05, 0.1) is 5.69 Å². The van der Waals surface area contributed by atoms with Gasteiger partial charge in [-0.3, -0.25) is 4.79 Å². The topological polar surface area (TPSA) is 70.7 Å². The lowest BCUT2D eigenvalue weighted by Crippen LogP contribution is -2.31. The van der Waals surface area contributed by atoms with E-state index in [-0.39, 0.29) is 18.5 Å². The van der Waals surface area contributed by atoms with Gasteiger partial charge in [0.15, 0.2) is 6.61 Å². The van der Waals surface area contributed by atoms with Crippen molar-refractivity contribution in [1.82, 2.24) is 4.90 Å². The highest BCUT2D eigenvalue weighted by molar-refractivity contribution is 6.31. The molecule has 3 rings (SSSR count). The van der Waals surface area contributed by atoms with Crippen molar-refractivity contribution < 1.29 is 14.3 Å². The Balaban J connectivity index is 1.66. The molecule has 2 aromatic rings. The third kappa shape index (κ3) is 3.60. The normalized spacial score (nSPS) is 12.7. The smallest absolute Gasteiger partial charge is 0.321 e. The average molecular weight is 346 g/mol. The Labute approximate surface area is 144 Å². The van der Waals surface area contributed by atoms with Crippen molar-refractivity contribution in [2.45, 2.75) is 6.54 Å². The van der Waals surface area contributed by atoms with Crippen LogP contribution in [0.2, 0.25) is 5.02 Å². The fourth-order valence-corrected chi connectivity index (χ4v) is 2.52. The number of halogens is 1. The zero-order chi connectivity index (χ0) is 17.1. The SMILES string of the molecule is CN(Cc1ccccc1Cl)C(=O)Nc1ccc2c(c1)OCC(=O)N2. The van der Waals surface area contributed by atoms with E-state index in [9.17, 15) is 9.59 Å². The molecule has 6 nitrogen and oxygen atoms in total. The Morgan fingerprint density at radius 1 is 1.33 bits per heavy atom. The van der Waals surface area contributed by atoms with Gasteiger partial charge in [0, 0.05) is 30.4 Å². The number of fused-ring (bicyclic) bond motifs is 1. The molecule has 0 aliphatic carbocycles. The first-order valence-electron chi connectivity index (χ1n) is 7.35. The Bertz CT molecular complexity index is 794. The summed E-state index contributed by atoms with van der Waals surface area (Å²) in [4.78, 5) is 25.1. The molecule has 0 bridgehead atoms. The van der Waals surface area contributed by atoms with Crippen LogP contribution in [0.5, 0.6) is 5.75 Å². The number of benzene rings is 2. The van der Waals surface area contributed by atoms with Gasteiger partial charge in [-0.05, 0) is 23.8 Å². The van der Waals surface area contributed by atoms with Gasteiger partial charge < -0.3 is 20.3 Å². The number of urea groups is 1. The quantitative estimate of drug-likeness (QED) is 0.896. The zero-order valence-corrected chi connectivity index (χ0v) is 13.8. The number of anilines is 2. The summed E-state index contributed by atoms with van der Waals surface area (Å²) in [6.07, 6.45) is 0. The second-order valence-corrected chi connectivity index (χ2v) is 5.83. The van der Waals surface area contributed by atoms with Gasteiger partial charge in [-0.1, -0.05) is 29.8 Å². The van der Waals surface area contributed by atoms with Crippen LogP contribution in [0.15, 0.2) is 42.5 Å². The maximum Gasteiger partial charge on any atom is 0.321 e. The van der Waals surface area contributed by atoms with Crippen molar-refractivity contribution in [1.29, 1.82) is 0 Å². The highest BCUT2D eigenvalue weighted by Gasteiger charge is 2.17. The molecular weight excluding hydrogens is 330 g/mol. The summed E-state index contributed by atoms with van der Waals surface area (Å²) in [5.74, 6) is 0.333. The van der Waals surface area contributed by atoms with Crippen LogP contribution in [-0.2, 0) is 11.3 Å². The van der Waals surface area contributed by atoms with Crippen LogP contribution in [0.1, 0.15) is 5.56 Å². The fraction of sp³-hybridized carbons (Fsp3) is 0.176. The van der Waals surface area contributed by atoms with Gasteiger partial charge in [0.1, 0.15) is 5.75 Å². The molecule has 0 saturated carbocycles. The number of nitrogens with zero attached hydrogens (tertiary/aromatic N) is 1. The molecule has 2 aromatic carbocycles. The minimum Gasteiger partial charge on any atom is -0.482 e. The molecule has 3 amide bonds. The van der Waals surface area contributed by atoms with Gasteiger partial charge in [-0.2, -0.15) is 0 Å². The Kier molecular flexibility index (Phi) is 4.57. The molecule has 0 fully saturated rings. The standard InChI is InChI=1S/C17H16ClN3O3/c1-21(9-11-4-2-3-5-13(11)18)17(23)19-12-6-7-14-15(8-12)24-10-16(22)20-14/h2-8H,9-10H2,1H3,(H,19,23)(H,20,22). The fourth-order valence-electron chi connectivity index (χ4n) is 2.33. The minimum absolute atomic E-state index is 0.0309. The maximum atomic E-state index is 12.3. The number of rotatable bonds is 3. The molecule has 0 aromatic heterocycles. The first-order valence-corrected chi connectivity index (χ1v) is 7.73. The molecular formula is C17H16ClN3O3. The lowest BCUT2D eigenvalue weighted by Gasteiger charge is -2.21. The molecule has 1 aliphatic heterocycles. The predicted octanol–water partition coefficient (Wildman–Crippen LogP) is 3.33. The van der Waals surface area contributed by atoms with Gasteiger partial charge >= 0.3 is 6.03 Å². The van der Waals surface area contributed by atoms with Crippen molar-refractivity contribution in [3.8, 4) is 5.75 Å². The third-order valence-corrected chi connectivity index (χ3v) is 3.95. The number of hydrogen-bond acceptors (Lipinski definition) is 3. The van der Waals surface area contributed by atoms with E-state index in [0.29, 0.717) is 28.7 Å². The van der Waals surface area contributed by atoms with Gasteiger partial charge in [0.25, 0.3) is 5.91 Å². The number of hydrogen-bond donors (Lipinski definition) is 2. The van der Waals surface area contributed by atoms with Crippen LogP contribution < -0.4 is 15.4 Å². The summed E-state index contributed by atoms with van der Waals surface area (Å²) < 4.78 is 5.34. The van der Waals surface area contributed by atoms with Crippen LogP contribution in [0.3, 0.4) is 0 Å². The van der Waals surface area contributed by atoms with Crippen molar-refractivity contribution in [2.24, 2.45) is 0 Å². The summed E-state index contributed by atoms with van der Waals surface area (Å²) in [6.45, 7) is 0.361. The maximum absolute atomic E-state index is 12.3. The lowest BCUT2D eigenvalue weighted by atomic mass is 10.2. The molecule has 1 aliphatic rings. The molecule has 7 heteroatoms. The third-order valence-electron chi connectivity index (χ3n) is 3.58. The minimum atomic E-state index is -0.269. The van der Waals surface area contributed by atoms with Crippen LogP contribution in [0.4, 0.5) is 16.2 Å². The molecule has 0 unspecified atom stereocenters. The largest absolute Gasteiger partial charge is 0.482 e. The number of amides is 3. The second kappa shape index (κ2) is 6.80. The summed E-state index contributed by atoms with van der Waals surface area (Å²) in [7, 11) is 1.69. The molecule has 0 atom stereocenters. The summed E-state index contributed by atoms with van der Waals surface area (Å²) in [5.41, 5.74) is 2.04. The highest BCUT2D eigenvalue weighted by atomic mass is 35.5. The predicted molar refractivity (Wildman–Crippen MR) is 92.5 cm³/mol. The van der Waals surface area contributed by atoms with Crippen molar-refractivity contribution >= 4 is 34.9 Å². The molecule has 0 radical (unpaired) electrons. The van der Waals surface area contributed by atoms with Gasteiger partial charge in [0.2, 0.25) is 0 Å². The molecule has 24 heavy (non-hydrogen) atoms. The van der Waals surface area contributed by atoms with E-state index in [1.165, 1.54) is 4.90 Å². The van der Waals surface area contributed by atoms with Crippen molar-refractivity contribution in [3.05, 3.63) is 53.1 Å². The Morgan fingerprint density at radius 3 is 2.92 bits per heavy atom. The van der Waals surface area contributed by atoms with Gasteiger partial charge in [-0.25, -0.2) is 4.79 Å². The molecule has 0 spiro atoms. The van der Waals surface area contributed by atoms with E-state index in [2.05, 4.69) is 10.6 Å². The van der Waals surface area contributed by atoms with E-state index in [0.717, 1.165) is 5.56 Å². The lowest BCUT2D eigenvalue weighted by molar-refractivity contribution is -0.118. The summed E-state index contributed by atoms with van der Waals surface area (Å²) >= 11 is 6.12. The highest BCUT2D eigenvalue weighted by Crippen LogP contribution is 2.30. The number of nitrogens with one attached hydrogen (secondary N) is 2. The molecule has 1 heterocycles. The van der Waals surface area contributed by atoms with E-state index in [1.54, 1.807) is 31.3 Å².